The Bertz CT molecular complexity index is 1270. The predicted molar refractivity (Wildman–Crippen MR) is 99.3 cm³/mol. The third-order valence-electron chi connectivity index (χ3n) is 6.31. The molecule has 0 atom stereocenters. The minimum atomic E-state index is -8.39. The summed E-state index contributed by atoms with van der Waals surface area (Å²) >= 11 is 0. The van der Waals surface area contributed by atoms with E-state index in [0.717, 1.165) is 0 Å². The van der Waals surface area contributed by atoms with Crippen molar-refractivity contribution in [1.82, 2.24) is 0 Å². The third kappa shape index (κ3) is 5.54. The van der Waals surface area contributed by atoms with Gasteiger partial charge in [-0.05, 0) is 0 Å². The number of hydrogen-bond acceptors (Lipinski definition) is 6. The van der Waals surface area contributed by atoms with Crippen LogP contribution in [0.2, 0.25) is 0 Å². The van der Waals surface area contributed by atoms with Crippen molar-refractivity contribution in [2.75, 3.05) is 11.5 Å². The summed E-state index contributed by atoms with van der Waals surface area (Å²) in [7, 11) is 0. The van der Waals surface area contributed by atoms with E-state index in [0.29, 0.717) is 0 Å². The van der Waals surface area contributed by atoms with E-state index in [1.165, 1.54) is 0 Å². The van der Waals surface area contributed by atoms with E-state index in [-0.39, 0.29) is 0 Å². The molecule has 0 spiro atoms. The van der Waals surface area contributed by atoms with Crippen molar-refractivity contribution in [2.24, 2.45) is 0 Å². The van der Waals surface area contributed by atoms with Gasteiger partial charge in [-0.25, -0.2) is 0 Å². The number of aliphatic hydroxyl groups is 4. The van der Waals surface area contributed by atoms with Crippen LogP contribution in [0.25, 0.3) is 0 Å². The highest BCUT2D eigenvalue weighted by Crippen LogP contribution is 2.66. The summed E-state index contributed by atoms with van der Waals surface area (Å²) in [6.45, 7) is 0. The Morgan fingerprint density at radius 3 is 0.521 bits per heavy atom. The van der Waals surface area contributed by atoms with Gasteiger partial charge in [-0.1, -0.05) is 0 Å². The van der Waals surface area contributed by atoms with Gasteiger partial charge in [-0.15, -0.1) is 0 Å². The van der Waals surface area contributed by atoms with Crippen LogP contribution in [0.5, 0.6) is 0 Å². The van der Waals surface area contributed by atoms with Crippen LogP contribution in [-0.4, -0.2) is 69.8 Å². The molecule has 0 radical (unpaired) electrons. The molecular formula is C18H8F24N2O4. The second-order valence-corrected chi connectivity index (χ2v) is 9.15. The molecule has 8 N–H and O–H groups in total. The van der Waals surface area contributed by atoms with Crippen molar-refractivity contribution < 1.29 is 126 Å². The van der Waals surface area contributed by atoms with Gasteiger partial charge in [0.25, 0.3) is 22.4 Å². The zero-order valence-electron chi connectivity index (χ0n) is 21.0. The van der Waals surface area contributed by atoms with Crippen LogP contribution in [0.15, 0.2) is 0 Å². The third-order valence-corrected chi connectivity index (χ3v) is 6.31. The number of halogens is 24. The Labute approximate surface area is 244 Å². The van der Waals surface area contributed by atoms with Crippen molar-refractivity contribution >= 4 is 11.4 Å². The smallest absolute Gasteiger partial charge is 0.398 e. The fraction of sp³-hybridized carbons (Fsp3) is 0.667. The summed E-state index contributed by atoms with van der Waals surface area (Å²) in [5, 5.41) is 38.3. The molecule has 0 aromatic heterocycles. The molecule has 0 bridgehead atoms. The van der Waals surface area contributed by atoms with Crippen LogP contribution in [-0.2, 0) is 22.4 Å². The van der Waals surface area contributed by atoms with Crippen molar-refractivity contribution in [3.8, 4) is 0 Å². The van der Waals surface area contributed by atoms with E-state index >= 15 is 0 Å². The number of nitrogens with two attached hydrogens (primary N) is 2. The molecule has 0 saturated heterocycles. The normalized spacial score (nSPS) is 16.1. The summed E-state index contributed by atoms with van der Waals surface area (Å²) in [4.78, 5) is 0. The molecule has 0 fully saturated rings. The lowest BCUT2D eigenvalue weighted by Gasteiger charge is -2.46. The topological polar surface area (TPSA) is 133 Å². The van der Waals surface area contributed by atoms with Crippen molar-refractivity contribution in [2.45, 2.75) is 71.8 Å². The average molecular weight is 772 g/mol. The Morgan fingerprint density at radius 2 is 0.375 bits per heavy atom. The minimum Gasteiger partial charge on any atom is -0.398 e. The fourth-order valence-electron chi connectivity index (χ4n) is 4.07. The standard InChI is InChI=1S/C18H8F24N2O4/c19-11(20,21)7(45,12(22,23)24)1-2(8(46,13(25,26)27)14(28,29)30)5(43)4(10(48,17(37,38)39)18(40,41)42)6(44)3(1)9(47,15(31,32)33)16(34,35)36/h45-48H,43-44H2. The van der Waals surface area contributed by atoms with Gasteiger partial charge in [0.1, 0.15) is 0 Å². The second kappa shape index (κ2) is 10.7. The number of nitrogen functional groups attached to an aromatic ring is 2. The van der Waals surface area contributed by atoms with E-state index in [1.54, 1.807) is 0 Å². The molecule has 6 nitrogen and oxygen atoms in total. The van der Waals surface area contributed by atoms with Gasteiger partial charge in [-0.2, -0.15) is 105 Å². The molecule has 1 rings (SSSR count). The number of hydrogen-bond donors (Lipinski definition) is 6. The van der Waals surface area contributed by atoms with E-state index < -0.39 is 105 Å². The number of alkyl halides is 24. The number of benzene rings is 1. The highest BCUT2D eigenvalue weighted by molar-refractivity contribution is 5.79. The molecule has 0 amide bonds. The van der Waals surface area contributed by atoms with Crippen LogP contribution < -0.4 is 11.5 Å². The molecule has 30 heteroatoms. The first-order chi connectivity index (χ1) is 20.3. The Balaban J connectivity index is 5.74. The maximum atomic E-state index is 13.8. The summed E-state index contributed by atoms with van der Waals surface area (Å²) in [5.41, 5.74) is -53.7. The molecule has 0 aliphatic rings. The highest BCUT2D eigenvalue weighted by atomic mass is 19.4. The first-order valence-electron chi connectivity index (χ1n) is 10.5. The lowest BCUT2D eigenvalue weighted by atomic mass is 9.69. The molecule has 282 valence electrons. The van der Waals surface area contributed by atoms with Gasteiger partial charge in [0.05, 0.1) is 0 Å². The van der Waals surface area contributed by atoms with E-state index in [1.807, 2.05) is 0 Å². The maximum absolute atomic E-state index is 13.8. The van der Waals surface area contributed by atoms with Gasteiger partial charge in [0, 0.05) is 33.6 Å². The lowest BCUT2D eigenvalue weighted by molar-refractivity contribution is -0.393. The quantitative estimate of drug-likeness (QED) is 0.162. The number of rotatable bonds is 4. The molecule has 1 aromatic carbocycles. The summed E-state index contributed by atoms with van der Waals surface area (Å²) in [6, 6.07) is 0. The molecule has 48 heavy (non-hydrogen) atoms. The molecule has 0 heterocycles. The van der Waals surface area contributed by atoms with Gasteiger partial charge in [0.15, 0.2) is 0 Å². The second-order valence-electron chi connectivity index (χ2n) is 9.15. The van der Waals surface area contributed by atoms with E-state index in [4.69, 9.17) is 0 Å². The van der Waals surface area contributed by atoms with Crippen molar-refractivity contribution in [1.29, 1.82) is 0 Å². The van der Waals surface area contributed by atoms with Crippen LogP contribution in [0.3, 0.4) is 0 Å². The molecular weight excluding hydrogens is 764 g/mol. The maximum Gasteiger partial charge on any atom is 0.430 e. The SMILES string of the molecule is Nc1c(C(O)(C(F)(F)F)C(F)(F)F)c(N)c(C(O)(C(F)(F)F)C(F)(F)F)c(C(O)(C(F)(F)F)C(F)(F)F)c1C(O)(C(F)(F)F)C(F)(F)F. The Hall–Kier alpha value is -3.02. The summed E-state index contributed by atoms with van der Waals surface area (Å²) in [6.07, 6.45) is -66.1. The van der Waals surface area contributed by atoms with Gasteiger partial charge < -0.3 is 31.9 Å². The Kier molecular flexibility index (Phi) is 9.62. The molecule has 0 aliphatic heterocycles. The average Bonchev–Trinajstić information content (AvgIpc) is 2.76. The molecule has 0 saturated carbocycles. The highest BCUT2D eigenvalue weighted by Gasteiger charge is 2.83. The number of anilines is 2. The Morgan fingerprint density at radius 1 is 0.250 bits per heavy atom. The van der Waals surface area contributed by atoms with E-state index in [2.05, 4.69) is 11.5 Å². The monoisotopic (exact) mass is 772 g/mol. The van der Waals surface area contributed by atoms with Crippen LogP contribution in [0.4, 0.5) is 117 Å². The fourth-order valence-corrected chi connectivity index (χ4v) is 4.07. The molecule has 0 aliphatic carbocycles. The first-order valence-corrected chi connectivity index (χ1v) is 10.5. The van der Waals surface area contributed by atoms with Gasteiger partial charge in [-0.3, -0.25) is 0 Å². The first kappa shape index (κ1) is 43.0. The van der Waals surface area contributed by atoms with Crippen molar-refractivity contribution in [3.05, 3.63) is 22.3 Å². The van der Waals surface area contributed by atoms with Gasteiger partial charge in [0.2, 0.25) is 0 Å². The van der Waals surface area contributed by atoms with E-state index in [9.17, 15) is 126 Å². The zero-order chi connectivity index (χ0) is 39.5. The van der Waals surface area contributed by atoms with Gasteiger partial charge >= 0.3 is 49.4 Å². The predicted octanol–water partition coefficient (Wildman–Crippen LogP) is 6.10. The largest absolute Gasteiger partial charge is 0.430 e. The minimum absolute atomic E-state index is 4.27. The summed E-state index contributed by atoms with van der Waals surface area (Å²) in [5.74, 6) is 0. The summed E-state index contributed by atoms with van der Waals surface area (Å²) < 4.78 is 331. The van der Waals surface area contributed by atoms with Crippen molar-refractivity contribution in [3.63, 3.8) is 0 Å². The van der Waals surface area contributed by atoms with Crippen LogP contribution >= 0.6 is 0 Å². The molecule has 0 unspecified atom stereocenters. The molecule has 1 aromatic rings. The van der Waals surface area contributed by atoms with Crippen LogP contribution in [0.1, 0.15) is 22.3 Å². The lowest BCUT2D eigenvalue weighted by Crippen LogP contribution is -2.63. The zero-order valence-corrected chi connectivity index (χ0v) is 21.0. The van der Waals surface area contributed by atoms with Crippen LogP contribution in [0, 0.1) is 0 Å².